The number of carbonyl (C=O) groups is 2. The first kappa shape index (κ1) is 16.7. The SMILES string of the molecule is CCC(C)C(NC(=O)c1ccc(-c2nnc(C)o2)cc1)C(=O)O. The Morgan fingerprint density at radius 3 is 2.39 bits per heavy atom. The highest BCUT2D eigenvalue weighted by Gasteiger charge is 2.25. The fourth-order valence-electron chi connectivity index (χ4n) is 2.09. The number of amides is 1. The zero-order valence-electron chi connectivity index (χ0n) is 13.2. The first-order chi connectivity index (χ1) is 10.9. The molecule has 2 rings (SSSR count). The first-order valence-electron chi connectivity index (χ1n) is 7.36. The van der Waals surface area contributed by atoms with Crippen LogP contribution in [0.3, 0.4) is 0 Å². The molecule has 0 saturated heterocycles. The third-order valence-corrected chi connectivity index (χ3v) is 3.69. The number of carbonyl (C=O) groups excluding carboxylic acids is 1. The molecule has 0 aliphatic heterocycles. The number of hydrogen-bond donors (Lipinski definition) is 2. The number of aliphatic carboxylic acids is 1. The molecule has 23 heavy (non-hydrogen) atoms. The second-order valence-electron chi connectivity index (χ2n) is 5.38. The lowest BCUT2D eigenvalue weighted by molar-refractivity contribution is -0.140. The molecule has 1 aromatic heterocycles. The highest BCUT2D eigenvalue weighted by atomic mass is 16.4. The third-order valence-electron chi connectivity index (χ3n) is 3.69. The van der Waals surface area contributed by atoms with Crippen LogP contribution in [0.4, 0.5) is 0 Å². The molecule has 0 saturated carbocycles. The topological polar surface area (TPSA) is 105 Å². The minimum atomic E-state index is -1.04. The Morgan fingerprint density at radius 2 is 1.91 bits per heavy atom. The Morgan fingerprint density at radius 1 is 1.26 bits per heavy atom. The van der Waals surface area contributed by atoms with Gasteiger partial charge >= 0.3 is 5.97 Å². The van der Waals surface area contributed by atoms with Crippen LogP contribution in [0.25, 0.3) is 11.5 Å². The van der Waals surface area contributed by atoms with Gasteiger partial charge in [-0.05, 0) is 30.2 Å². The van der Waals surface area contributed by atoms with E-state index in [0.29, 0.717) is 29.3 Å². The first-order valence-corrected chi connectivity index (χ1v) is 7.36. The van der Waals surface area contributed by atoms with Crippen molar-refractivity contribution in [2.24, 2.45) is 5.92 Å². The van der Waals surface area contributed by atoms with E-state index in [1.807, 2.05) is 6.92 Å². The lowest BCUT2D eigenvalue weighted by atomic mass is 9.99. The second kappa shape index (κ2) is 7.04. The molecule has 1 aromatic carbocycles. The quantitative estimate of drug-likeness (QED) is 0.846. The number of aryl methyl sites for hydroxylation is 1. The van der Waals surface area contributed by atoms with Crippen molar-refractivity contribution in [1.82, 2.24) is 15.5 Å². The number of carboxylic acid groups (broad SMARTS) is 1. The second-order valence-corrected chi connectivity index (χ2v) is 5.38. The van der Waals surface area contributed by atoms with Crippen LogP contribution < -0.4 is 5.32 Å². The van der Waals surface area contributed by atoms with E-state index in [0.717, 1.165) is 0 Å². The van der Waals surface area contributed by atoms with E-state index in [4.69, 9.17) is 4.42 Å². The molecule has 2 aromatic rings. The van der Waals surface area contributed by atoms with Gasteiger partial charge in [-0.3, -0.25) is 4.79 Å². The normalized spacial score (nSPS) is 13.3. The van der Waals surface area contributed by atoms with Crippen LogP contribution in [0.2, 0.25) is 0 Å². The highest BCUT2D eigenvalue weighted by molar-refractivity contribution is 5.96. The van der Waals surface area contributed by atoms with Crippen molar-refractivity contribution in [2.45, 2.75) is 33.2 Å². The summed E-state index contributed by atoms with van der Waals surface area (Å²) in [5.74, 6) is -0.786. The number of rotatable bonds is 6. The van der Waals surface area contributed by atoms with E-state index in [-0.39, 0.29) is 5.92 Å². The van der Waals surface area contributed by atoms with Gasteiger partial charge in [-0.25, -0.2) is 4.79 Å². The van der Waals surface area contributed by atoms with E-state index in [2.05, 4.69) is 15.5 Å². The average molecular weight is 317 g/mol. The van der Waals surface area contributed by atoms with Gasteiger partial charge in [0.2, 0.25) is 11.8 Å². The number of aromatic nitrogens is 2. The summed E-state index contributed by atoms with van der Waals surface area (Å²) in [6.45, 7) is 5.37. The van der Waals surface area contributed by atoms with Crippen LogP contribution in [0, 0.1) is 12.8 Å². The number of nitrogens with one attached hydrogen (secondary N) is 1. The molecule has 1 amide bonds. The standard InChI is InChI=1S/C16H19N3O4/c1-4-9(2)13(16(21)22)17-14(20)11-5-7-12(8-6-11)15-19-18-10(3)23-15/h5-9,13H,4H2,1-3H3,(H,17,20)(H,21,22). The van der Waals surface area contributed by atoms with Gasteiger partial charge in [0, 0.05) is 18.1 Å². The fraction of sp³-hybridized carbons (Fsp3) is 0.375. The summed E-state index contributed by atoms with van der Waals surface area (Å²) >= 11 is 0. The summed E-state index contributed by atoms with van der Waals surface area (Å²) in [6.07, 6.45) is 0.659. The van der Waals surface area contributed by atoms with Crippen LogP contribution >= 0.6 is 0 Å². The van der Waals surface area contributed by atoms with Crippen molar-refractivity contribution in [3.63, 3.8) is 0 Å². The molecule has 0 aliphatic rings. The van der Waals surface area contributed by atoms with Crippen LogP contribution in [0.5, 0.6) is 0 Å². The number of nitrogens with zero attached hydrogens (tertiary/aromatic N) is 2. The van der Waals surface area contributed by atoms with Crippen molar-refractivity contribution in [3.8, 4) is 11.5 Å². The van der Waals surface area contributed by atoms with E-state index in [1.165, 1.54) is 0 Å². The van der Waals surface area contributed by atoms with E-state index >= 15 is 0 Å². The molecular weight excluding hydrogens is 298 g/mol. The zero-order valence-corrected chi connectivity index (χ0v) is 13.2. The summed E-state index contributed by atoms with van der Waals surface area (Å²) in [7, 11) is 0. The maximum atomic E-state index is 12.2. The molecule has 122 valence electrons. The minimum absolute atomic E-state index is 0.155. The maximum absolute atomic E-state index is 12.2. The largest absolute Gasteiger partial charge is 0.480 e. The van der Waals surface area contributed by atoms with E-state index in [9.17, 15) is 14.7 Å². The predicted octanol–water partition coefficient (Wildman–Crippen LogP) is 2.27. The van der Waals surface area contributed by atoms with Gasteiger partial charge in [0.25, 0.3) is 5.91 Å². The average Bonchev–Trinajstić information content (AvgIpc) is 2.98. The lowest BCUT2D eigenvalue weighted by Crippen LogP contribution is -2.45. The third kappa shape index (κ3) is 3.94. The van der Waals surface area contributed by atoms with Crippen LogP contribution in [-0.4, -0.2) is 33.2 Å². The molecule has 0 bridgehead atoms. The predicted molar refractivity (Wildman–Crippen MR) is 82.8 cm³/mol. The molecular formula is C16H19N3O4. The lowest BCUT2D eigenvalue weighted by Gasteiger charge is -2.20. The molecule has 2 atom stereocenters. The van der Waals surface area contributed by atoms with Crippen molar-refractivity contribution in [2.75, 3.05) is 0 Å². The van der Waals surface area contributed by atoms with Gasteiger partial charge in [-0.15, -0.1) is 10.2 Å². The van der Waals surface area contributed by atoms with Gasteiger partial charge in [0.1, 0.15) is 6.04 Å². The molecule has 7 heteroatoms. The Bertz CT molecular complexity index is 694. The smallest absolute Gasteiger partial charge is 0.326 e. The minimum Gasteiger partial charge on any atom is -0.480 e. The maximum Gasteiger partial charge on any atom is 0.326 e. The summed E-state index contributed by atoms with van der Waals surface area (Å²) < 4.78 is 5.31. The van der Waals surface area contributed by atoms with Crippen LogP contribution in [-0.2, 0) is 4.79 Å². The highest BCUT2D eigenvalue weighted by Crippen LogP contribution is 2.18. The molecule has 2 unspecified atom stereocenters. The Hall–Kier alpha value is -2.70. The number of hydrogen-bond acceptors (Lipinski definition) is 5. The number of carboxylic acids is 1. The monoisotopic (exact) mass is 317 g/mol. The molecule has 2 N–H and O–H groups in total. The Balaban J connectivity index is 2.12. The van der Waals surface area contributed by atoms with Gasteiger partial charge in [0.05, 0.1) is 0 Å². The van der Waals surface area contributed by atoms with Gasteiger partial charge in [-0.1, -0.05) is 20.3 Å². The fourth-order valence-corrected chi connectivity index (χ4v) is 2.09. The summed E-state index contributed by atoms with van der Waals surface area (Å²) in [5, 5.41) is 19.4. The van der Waals surface area contributed by atoms with Crippen LogP contribution in [0.15, 0.2) is 28.7 Å². The summed E-state index contributed by atoms with van der Waals surface area (Å²) in [6, 6.07) is 5.65. The Labute approximate surface area is 133 Å². The van der Waals surface area contributed by atoms with Gasteiger partial charge < -0.3 is 14.8 Å². The summed E-state index contributed by atoms with van der Waals surface area (Å²) in [4.78, 5) is 23.5. The van der Waals surface area contributed by atoms with Crippen molar-refractivity contribution in [3.05, 3.63) is 35.7 Å². The summed E-state index contributed by atoms with van der Waals surface area (Å²) in [5.41, 5.74) is 1.07. The zero-order chi connectivity index (χ0) is 17.0. The van der Waals surface area contributed by atoms with E-state index in [1.54, 1.807) is 38.1 Å². The molecule has 0 radical (unpaired) electrons. The molecule has 0 spiro atoms. The molecule has 0 fully saturated rings. The van der Waals surface area contributed by atoms with Crippen molar-refractivity contribution < 1.29 is 19.1 Å². The van der Waals surface area contributed by atoms with Crippen molar-refractivity contribution >= 4 is 11.9 Å². The van der Waals surface area contributed by atoms with E-state index < -0.39 is 17.9 Å². The molecule has 1 heterocycles. The Kier molecular flexibility index (Phi) is 5.10. The molecule has 0 aliphatic carbocycles. The van der Waals surface area contributed by atoms with Gasteiger partial charge in [0.15, 0.2) is 0 Å². The van der Waals surface area contributed by atoms with Crippen molar-refractivity contribution in [1.29, 1.82) is 0 Å². The van der Waals surface area contributed by atoms with Gasteiger partial charge in [-0.2, -0.15) is 0 Å². The van der Waals surface area contributed by atoms with Crippen LogP contribution in [0.1, 0.15) is 36.5 Å². The number of benzene rings is 1. The molecule has 7 nitrogen and oxygen atoms in total.